The summed E-state index contributed by atoms with van der Waals surface area (Å²) in [5.74, 6) is 0. The molecule has 2 N–H and O–H groups in total. The van der Waals surface area contributed by atoms with E-state index in [-0.39, 0.29) is 6.10 Å². The number of hydrogen-bond acceptors (Lipinski definition) is 2. The summed E-state index contributed by atoms with van der Waals surface area (Å²) in [6.07, 6.45) is 0.331. The van der Waals surface area contributed by atoms with Gasteiger partial charge in [-0.2, -0.15) is 0 Å². The second-order valence-electron chi connectivity index (χ2n) is 3.04. The van der Waals surface area contributed by atoms with Crippen molar-refractivity contribution in [3.63, 3.8) is 0 Å². The summed E-state index contributed by atoms with van der Waals surface area (Å²) in [4.78, 5) is 0. The summed E-state index contributed by atoms with van der Waals surface area (Å²) in [6, 6.07) is 5.30. The van der Waals surface area contributed by atoms with Gasteiger partial charge in [0, 0.05) is 6.54 Å². The Morgan fingerprint density at radius 3 is 2.43 bits per heavy atom. The van der Waals surface area contributed by atoms with Crippen LogP contribution in [0.5, 0.6) is 0 Å². The number of halogens is 2. The van der Waals surface area contributed by atoms with E-state index >= 15 is 0 Å². The highest BCUT2D eigenvalue weighted by Crippen LogP contribution is 2.29. The molecule has 0 fully saturated rings. The van der Waals surface area contributed by atoms with E-state index in [0.29, 0.717) is 28.7 Å². The molecule has 2 nitrogen and oxygen atoms in total. The summed E-state index contributed by atoms with van der Waals surface area (Å²) in [5.41, 5.74) is 0.684. The highest BCUT2D eigenvalue weighted by atomic mass is 35.5. The zero-order valence-corrected chi connectivity index (χ0v) is 9.44. The molecule has 0 unspecified atom stereocenters. The van der Waals surface area contributed by atoms with Crippen molar-refractivity contribution < 1.29 is 5.11 Å². The lowest BCUT2D eigenvalue weighted by Crippen LogP contribution is -2.18. The van der Waals surface area contributed by atoms with Gasteiger partial charge in [0.2, 0.25) is 0 Å². The molecule has 4 heteroatoms. The number of para-hydroxylation sites is 1. The topological polar surface area (TPSA) is 32.3 Å². The highest BCUT2D eigenvalue weighted by molar-refractivity contribution is 6.39. The van der Waals surface area contributed by atoms with Crippen LogP contribution in [0, 0.1) is 0 Å². The van der Waals surface area contributed by atoms with E-state index in [1.165, 1.54) is 0 Å². The minimum Gasteiger partial charge on any atom is -0.391 e. The van der Waals surface area contributed by atoms with Crippen LogP contribution in [-0.2, 0) is 0 Å². The predicted octanol–water partition coefficient (Wildman–Crippen LogP) is 3.18. The van der Waals surface area contributed by atoms with Crippen molar-refractivity contribution in [3.05, 3.63) is 28.2 Å². The maximum Gasteiger partial charge on any atom is 0.0719 e. The van der Waals surface area contributed by atoms with Gasteiger partial charge in [-0.15, -0.1) is 0 Å². The largest absolute Gasteiger partial charge is 0.391 e. The lowest BCUT2D eigenvalue weighted by molar-refractivity contribution is 0.183. The lowest BCUT2D eigenvalue weighted by atomic mass is 10.2. The molecule has 0 amide bonds. The second-order valence-corrected chi connectivity index (χ2v) is 3.85. The fourth-order valence-corrected chi connectivity index (χ4v) is 1.56. The van der Waals surface area contributed by atoms with Crippen molar-refractivity contribution in [1.82, 2.24) is 0 Å². The van der Waals surface area contributed by atoms with Crippen molar-refractivity contribution >= 4 is 28.9 Å². The van der Waals surface area contributed by atoms with Crippen LogP contribution in [0.4, 0.5) is 5.69 Å². The quantitative estimate of drug-likeness (QED) is 0.838. The Kier molecular flexibility index (Phi) is 4.52. The number of nitrogens with one attached hydrogen (secondary N) is 1. The van der Waals surface area contributed by atoms with Crippen LogP contribution in [0.2, 0.25) is 10.0 Å². The van der Waals surface area contributed by atoms with Gasteiger partial charge in [0.1, 0.15) is 0 Å². The molecule has 0 aliphatic heterocycles. The summed E-state index contributed by atoms with van der Waals surface area (Å²) < 4.78 is 0. The molecule has 0 bridgehead atoms. The van der Waals surface area contributed by atoms with Crippen LogP contribution >= 0.6 is 23.2 Å². The van der Waals surface area contributed by atoms with Gasteiger partial charge in [-0.3, -0.25) is 0 Å². The average molecular weight is 234 g/mol. The zero-order chi connectivity index (χ0) is 10.6. The van der Waals surface area contributed by atoms with Crippen molar-refractivity contribution in [1.29, 1.82) is 0 Å². The first kappa shape index (κ1) is 11.6. The van der Waals surface area contributed by atoms with Crippen LogP contribution in [0.25, 0.3) is 0 Å². The normalized spacial score (nSPS) is 12.6. The van der Waals surface area contributed by atoms with Gasteiger partial charge in [0.25, 0.3) is 0 Å². The molecule has 1 rings (SSSR count). The van der Waals surface area contributed by atoms with E-state index in [9.17, 15) is 5.11 Å². The third kappa shape index (κ3) is 3.05. The Balaban J connectivity index is 2.66. The third-order valence-corrected chi connectivity index (χ3v) is 2.58. The van der Waals surface area contributed by atoms with Gasteiger partial charge < -0.3 is 10.4 Å². The summed E-state index contributed by atoms with van der Waals surface area (Å²) in [5, 5.41) is 13.5. The van der Waals surface area contributed by atoms with E-state index in [0.717, 1.165) is 0 Å². The first-order chi connectivity index (χ1) is 6.65. The zero-order valence-electron chi connectivity index (χ0n) is 7.93. The predicted molar refractivity (Wildman–Crippen MR) is 61.2 cm³/mol. The molecule has 0 saturated heterocycles. The molecule has 0 aromatic heterocycles. The molecule has 0 radical (unpaired) electrons. The Labute approximate surface area is 93.8 Å². The van der Waals surface area contributed by atoms with Gasteiger partial charge in [-0.1, -0.05) is 36.2 Å². The Bertz CT molecular complexity index is 284. The maximum atomic E-state index is 9.35. The molecule has 1 atom stereocenters. The van der Waals surface area contributed by atoms with Crippen molar-refractivity contribution in [2.45, 2.75) is 19.4 Å². The minimum atomic E-state index is -0.373. The summed E-state index contributed by atoms with van der Waals surface area (Å²) >= 11 is 11.9. The number of benzene rings is 1. The highest BCUT2D eigenvalue weighted by Gasteiger charge is 2.06. The number of aliphatic hydroxyl groups excluding tert-OH is 1. The first-order valence-corrected chi connectivity index (χ1v) is 5.26. The monoisotopic (exact) mass is 233 g/mol. The number of aliphatic hydroxyl groups is 1. The molecule has 78 valence electrons. The lowest BCUT2D eigenvalue weighted by Gasteiger charge is -2.13. The van der Waals surface area contributed by atoms with E-state index in [1.54, 1.807) is 18.2 Å². The molecule has 14 heavy (non-hydrogen) atoms. The Hall–Kier alpha value is -0.440. The first-order valence-electron chi connectivity index (χ1n) is 4.51. The molecule has 0 spiro atoms. The molecule has 0 heterocycles. The summed E-state index contributed by atoms with van der Waals surface area (Å²) in [6.45, 7) is 2.38. The summed E-state index contributed by atoms with van der Waals surface area (Å²) in [7, 11) is 0. The molecule has 1 aromatic rings. The molecular weight excluding hydrogens is 221 g/mol. The number of hydrogen-bond donors (Lipinski definition) is 2. The van der Waals surface area contributed by atoms with E-state index in [1.807, 2.05) is 6.92 Å². The van der Waals surface area contributed by atoms with Crippen LogP contribution < -0.4 is 5.32 Å². The van der Waals surface area contributed by atoms with Gasteiger partial charge in [0.05, 0.1) is 21.8 Å². The molecule has 0 aliphatic carbocycles. The van der Waals surface area contributed by atoms with Crippen molar-refractivity contribution in [3.8, 4) is 0 Å². The molecule has 0 saturated carbocycles. The van der Waals surface area contributed by atoms with Crippen molar-refractivity contribution in [2.24, 2.45) is 0 Å². The van der Waals surface area contributed by atoms with E-state index < -0.39 is 0 Å². The molecule has 0 aliphatic rings. The second kappa shape index (κ2) is 5.44. The van der Waals surface area contributed by atoms with Crippen LogP contribution in [0.15, 0.2) is 18.2 Å². The van der Waals surface area contributed by atoms with Crippen LogP contribution in [0.1, 0.15) is 13.3 Å². The van der Waals surface area contributed by atoms with E-state index in [2.05, 4.69) is 5.32 Å². The fraction of sp³-hybridized carbons (Fsp3) is 0.400. The van der Waals surface area contributed by atoms with Gasteiger partial charge in [0.15, 0.2) is 0 Å². The Morgan fingerprint density at radius 1 is 1.36 bits per heavy atom. The standard InChI is InChI=1S/C10H13Cl2NO/c1-2-7(14)6-13-10-8(11)4-3-5-9(10)12/h3-5,7,13-14H,2,6H2,1H3/t7-/m1/s1. The van der Waals surface area contributed by atoms with Gasteiger partial charge in [-0.05, 0) is 18.6 Å². The van der Waals surface area contributed by atoms with Crippen LogP contribution in [0.3, 0.4) is 0 Å². The van der Waals surface area contributed by atoms with Gasteiger partial charge >= 0.3 is 0 Å². The number of anilines is 1. The smallest absolute Gasteiger partial charge is 0.0719 e. The number of rotatable bonds is 4. The fourth-order valence-electron chi connectivity index (χ4n) is 1.03. The van der Waals surface area contributed by atoms with Gasteiger partial charge in [-0.25, -0.2) is 0 Å². The third-order valence-electron chi connectivity index (χ3n) is 1.95. The average Bonchev–Trinajstić information content (AvgIpc) is 2.16. The molecule has 1 aromatic carbocycles. The van der Waals surface area contributed by atoms with E-state index in [4.69, 9.17) is 23.2 Å². The molecular formula is C10H13Cl2NO. The minimum absolute atomic E-state index is 0.373. The van der Waals surface area contributed by atoms with Crippen LogP contribution in [-0.4, -0.2) is 17.8 Å². The van der Waals surface area contributed by atoms with Crippen molar-refractivity contribution in [2.75, 3.05) is 11.9 Å². The maximum absolute atomic E-state index is 9.35. The Morgan fingerprint density at radius 2 is 1.93 bits per heavy atom. The SMILES string of the molecule is CC[C@@H](O)CNc1c(Cl)cccc1Cl.